The van der Waals surface area contributed by atoms with Crippen molar-refractivity contribution in [3.05, 3.63) is 59.4 Å². The number of nitrogens with zero attached hydrogens (tertiary/aromatic N) is 1. The van der Waals surface area contributed by atoms with Gasteiger partial charge < -0.3 is 10.6 Å². The Morgan fingerprint density at radius 3 is 2.50 bits per heavy atom. The molecule has 0 atom stereocenters. The molecule has 1 heterocycles. The summed E-state index contributed by atoms with van der Waals surface area (Å²) >= 11 is 0. The van der Waals surface area contributed by atoms with E-state index < -0.39 is 0 Å². The number of aryl methyl sites for hydroxylation is 1. The van der Waals surface area contributed by atoms with Crippen LogP contribution in [0, 0.1) is 6.92 Å². The number of hydrogen-bond acceptors (Lipinski definition) is 3. The van der Waals surface area contributed by atoms with Crippen LogP contribution in [0.5, 0.6) is 0 Å². The lowest BCUT2D eigenvalue weighted by atomic mass is 10.2. The van der Waals surface area contributed by atoms with Gasteiger partial charge in [0.25, 0.3) is 11.8 Å². The minimum Gasteiger partial charge on any atom is -0.352 e. The van der Waals surface area contributed by atoms with Crippen LogP contribution in [0.1, 0.15) is 39.8 Å². The topological polar surface area (TPSA) is 71.1 Å². The van der Waals surface area contributed by atoms with Gasteiger partial charge in [-0.1, -0.05) is 24.6 Å². The summed E-state index contributed by atoms with van der Waals surface area (Å²) in [6.45, 7) is 4.56. The Hall–Kier alpha value is -2.69. The van der Waals surface area contributed by atoms with Gasteiger partial charge in [0.15, 0.2) is 0 Å². The first kappa shape index (κ1) is 15.7. The Bertz CT molecular complexity index is 666. The van der Waals surface area contributed by atoms with Crippen LogP contribution in [0.4, 0.5) is 5.69 Å². The number of nitrogens with one attached hydrogen (secondary N) is 2. The molecule has 0 unspecified atom stereocenters. The smallest absolute Gasteiger partial charge is 0.274 e. The molecule has 0 aliphatic rings. The minimum absolute atomic E-state index is 0.200. The summed E-state index contributed by atoms with van der Waals surface area (Å²) in [5.74, 6) is -0.539. The van der Waals surface area contributed by atoms with E-state index in [1.807, 2.05) is 38.1 Å². The molecule has 0 aliphatic heterocycles. The summed E-state index contributed by atoms with van der Waals surface area (Å²) in [6, 6.07) is 10.6. The lowest BCUT2D eigenvalue weighted by molar-refractivity contribution is 0.0953. The molecule has 1 aromatic heterocycles. The van der Waals surface area contributed by atoms with E-state index in [1.165, 1.54) is 12.3 Å². The van der Waals surface area contributed by atoms with Crippen LogP contribution in [-0.2, 0) is 0 Å². The highest BCUT2D eigenvalue weighted by atomic mass is 16.2. The molecular weight excluding hydrogens is 278 g/mol. The van der Waals surface area contributed by atoms with Crippen molar-refractivity contribution >= 4 is 17.5 Å². The fraction of sp³-hybridized carbons (Fsp3) is 0.235. The molecule has 0 radical (unpaired) electrons. The van der Waals surface area contributed by atoms with E-state index in [2.05, 4.69) is 15.6 Å². The Balaban J connectivity index is 2.09. The summed E-state index contributed by atoms with van der Waals surface area (Å²) in [5.41, 5.74) is 2.45. The fourth-order valence-electron chi connectivity index (χ4n) is 1.87. The quantitative estimate of drug-likeness (QED) is 0.891. The Kier molecular flexibility index (Phi) is 5.25. The number of benzene rings is 1. The molecule has 0 spiro atoms. The van der Waals surface area contributed by atoms with Gasteiger partial charge in [0.2, 0.25) is 0 Å². The van der Waals surface area contributed by atoms with Crippen molar-refractivity contribution in [2.75, 3.05) is 11.9 Å². The van der Waals surface area contributed by atoms with Gasteiger partial charge in [-0.15, -0.1) is 0 Å². The van der Waals surface area contributed by atoms with Gasteiger partial charge in [0, 0.05) is 24.0 Å². The van der Waals surface area contributed by atoms with Crippen molar-refractivity contribution in [1.29, 1.82) is 0 Å². The lowest BCUT2D eigenvalue weighted by Gasteiger charge is -2.07. The number of amides is 2. The zero-order chi connectivity index (χ0) is 15.9. The minimum atomic E-state index is -0.339. The Morgan fingerprint density at radius 2 is 1.82 bits per heavy atom. The number of rotatable bonds is 5. The number of aromatic nitrogens is 1. The van der Waals surface area contributed by atoms with E-state index >= 15 is 0 Å². The van der Waals surface area contributed by atoms with E-state index in [0.29, 0.717) is 17.8 Å². The van der Waals surface area contributed by atoms with Gasteiger partial charge in [-0.3, -0.25) is 14.6 Å². The highest BCUT2D eigenvalue weighted by Crippen LogP contribution is 2.10. The molecule has 0 aliphatic carbocycles. The SMILES string of the molecule is CCCNC(=O)c1ccnc(C(=O)Nc2ccc(C)cc2)c1. The highest BCUT2D eigenvalue weighted by molar-refractivity contribution is 6.04. The van der Waals surface area contributed by atoms with Gasteiger partial charge in [0.05, 0.1) is 0 Å². The lowest BCUT2D eigenvalue weighted by Crippen LogP contribution is -2.24. The second-order valence-corrected chi connectivity index (χ2v) is 5.01. The largest absolute Gasteiger partial charge is 0.352 e. The third kappa shape index (κ3) is 4.15. The predicted molar refractivity (Wildman–Crippen MR) is 86.0 cm³/mol. The summed E-state index contributed by atoms with van der Waals surface area (Å²) in [6.07, 6.45) is 2.32. The van der Waals surface area contributed by atoms with Gasteiger partial charge >= 0.3 is 0 Å². The number of pyridine rings is 1. The number of hydrogen-bond donors (Lipinski definition) is 2. The van der Waals surface area contributed by atoms with E-state index in [4.69, 9.17) is 0 Å². The summed E-state index contributed by atoms with van der Waals surface area (Å²) < 4.78 is 0. The van der Waals surface area contributed by atoms with Crippen LogP contribution in [0.25, 0.3) is 0 Å². The van der Waals surface area contributed by atoms with Crippen molar-refractivity contribution in [1.82, 2.24) is 10.3 Å². The molecule has 114 valence electrons. The molecule has 22 heavy (non-hydrogen) atoms. The second-order valence-electron chi connectivity index (χ2n) is 5.01. The van der Waals surface area contributed by atoms with Crippen LogP contribution in [-0.4, -0.2) is 23.3 Å². The first-order valence-corrected chi connectivity index (χ1v) is 7.22. The van der Waals surface area contributed by atoms with Crippen molar-refractivity contribution in [2.24, 2.45) is 0 Å². The molecule has 0 saturated carbocycles. The van der Waals surface area contributed by atoms with Crippen molar-refractivity contribution < 1.29 is 9.59 Å². The molecule has 5 nitrogen and oxygen atoms in total. The zero-order valence-electron chi connectivity index (χ0n) is 12.7. The molecule has 0 saturated heterocycles. The van der Waals surface area contributed by atoms with Crippen molar-refractivity contribution in [2.45, 2.75) is 20.3 Å². The van der Waals surface area contributed by atoms with Gasteiger partial charge in [-0.25, -0.2) is 0 Å². The van der Waals surface area contributed by atoms with Crippen LogP contribution >= 0.6 is 0 Å². The highest BCUT2D eigenvalue weighted by Gasteiger charge is 2.11. The molecule has 2 amide bonds. The number of carbonyl (C=O) groups excluding carboxylic acids is 2. The summed E-state index contributed by atoms with van der Waals surface area (Å²) in [4.78, 5) is 28.1. The molecule has 0 fully saturated rings. The predicted octanol–water partition coefficient (Wildman–Crippen LogP) is 2.78. The zero-order valence-corrected chi connectivity index (χ0v) is 12.7. The average molecular weight is 297 g/mol. The maximum Gasteiger partial charge on any atom is 0.274 e. The monoisotopic (exact) mass is 297 g/mol. The van der Waals surface area contributed by atoms with Crippen LogP contribution in [0.3, 0.4) is 0 Å². The molecule has 0 bridgehead atoms. The number of carbonyl (C=O) groups is 2. The Morgan fingerprint density at radius 1 is 1.09 bits per heavy atom. The molecular formula is C17H19N3O2. The summed E-state index contributed by atoms with van der Waals surface area (Å²) in [7, 11) is 0. The molecule has 2 N–H and O–H groups in total. The first-order valence-electron chi connectivity index (χ1n) is 7.22. The van der Waals surface area contributed by atoms with Gasteiger partial charge in [0.1, 0.15) is 5.69 Å². The van der Waals surface area contributed by atoms with Crippen LogP contribution < -0.4 is 10.6 Å². The van der Waals surface area contributed by atoms with E-state index in [9.17, 15) is 9.59 Å². The molecule has 2 aromatic rings. The normalized spacial score (nSPS) is 10.1. The van der Waals surface area contributed by atoms with Gasteiger partial charge in [-0.05, 0) is 37.6 Å². The van der Waals surface area contributed by atoms with Crippen molar-refractivity contribution in [3.8, 4) is 0 Å². The first-order chi connectivity index (χ1) is 10.6. The summed E-state index contributed by atoms with van der Waals surface area (Å²) in [5, 5.41) is 5.53. The van der Waals surface area contributed by atoms with Gasteiger partial charge in [-0.2, -0.15) is 0 Å². The third-order valence-corrected chi connectivity index (χ3v) is 3.10. The number of anilines is 1. The van der Waals surface area contributed by atoms with Crippen LogP contribution in [0.15, 0.2) is 42.6 Å². The maximum absolute atomic E-state index is 12.2. The van der Waals surface area contributed by atoms with E-state index in [0.717, 1.165) is 12.0 Å². The van der Waals surface area contributed by atoms with Crippen LogP contribution in [0.2, 0.25) is 0 Å². The second kappa shape index (κ2) is 7.36. The molecule has 5 heteroatoms. The fourth-order valence-corrected chi connectivity index (χ4v) is 1.87. The molecule has 2 rings (SSSR count). The van der Waals surface area contributed by atoms with Crippen molar-refractivity contribution in [3.63, 3.8) is 0 Å². The molecule has 1 aromatic carbocycles. The average Bonchev–Trinajstić information content (AvgIpc) is 2.54. The van der Waals surface area contributed by atoms with E-state index in [-0.39, 0.29) is 17.5 Å². The van der Waals surface area contributed by atoms with E-state index in [1.54, 1.807) is 6.07 Å². The maximum atomic E-state index is 12.2. The third-order valence-electron chi connectivity index (χ3n) is 3.10. The standard InChI is InChI=1S/C17H19N3O2/c1-3-9-19-16(21)13-8-10-18-15(11-13)17(22)20-14-6-4-12(2)5-7-14/h4-8,10-11H,3,9H2,1-2H3,(H,19,21)(H,20,22). The Labute approximate surface area is 129 Å².